The molecule has 3 aromatic rings. The average molecular weight is 733 g/mol. The summed E-state index contributed by atoms with van der Waals surface area (Å²) < 4.78 is 94.3. The number of ether oxygens (including phenoxy) is 3. The van der Waals surface area contributed by atoms with Crippen molar-refractivity contribution in [2.75, 3.05) is 21.3 Å². The van der Waals surface area contributed by atoms with Crippen LogP contribution in [0.3, 0.4) is 0 Å². The molecule has 274 valence electrons. The maximum atomic E-state index is 14.6. The van der Waals surface area contributed by atoms with Gasteiger partial charge in [0.2, 0.25) is 0 Å². The number of carbonyl (C=O) groups excluding carboxylic acids is 2. The zero-order chi connectivity index (χ0) is 37.9. The molecule has 0 N–H and O–H groups in total. The molecule has 2 aliphatic rings. The summed E-state index contributed by atoms with van der Waals surface area (Å²) in [5.41, 5.74) is -1.53. The highest BCUT2D eigenvalue weighted by Crippen LogP contribution is 2.49. The Kier molecular flexibility index (Phi) is 11.4. The quantitative estimate of drug-likeness (QED) is 0.0977. The third-order valence-corrected chi connectivity index (χ3v) is 10.0. The van der Waals surface area contributed by atoms with Gasteiger partial charge >= 0.3 is 27.6 Å². The van der Waals surface area contributed by atoms with Crippen LogP contribution in [0.4, 0.5) is 17.6 Å². The van der Waals surface area contributed by atoms with E-state index < -0.39 is 38.7 Å². The lowest BCUT2D eigenvalue weighted by Crippen LogP contribution is -2.28. The minimum absolute atomic E-state index is 0.0428. The van der Waals surface area contributed by atoms with Gasteiger partial charge in [-0.3, -0.25) is 0 Å². The van der Waals surface area contributed by atoms with Crippen molar-refractivity contribution in [2.24, 2.45) is 10.8 Å². The Morgan fingerprint density at radius 1 is 0.686 bits per heavy atom. The van der Waals surface area contributed by atoms with Crippen LogP contribution in [0.2, 0.25) is 0 Å². The molecule has 0 fully saturated rings. The van der Waals surface area contributed by atoms with Crippen molar-refractivity contribution >= 4 is 33.2 Å². The number of methoxy groups -OCH3 is 3. The van der Waals surface area contributed by atoms with Gasteiger partial charge in [-0.05, 0) is 107 Å². The average Bonchev–Trinajstić information content (AvgIpc) is 3.62. The second-order valence-electron chi connectivity index (χ2n) is 13.4. The van der Waals surface area contributed by atoms with Gasteiger partial charge < -0.3 is 18.4 Å². The van der Waals surface area contributed by atoms with Gasteiger partial charge in [-0.15, -0.1) is 0 Å². The molecule has 8 nitrogen and oxygen atoms in total. The second kappa shape index (κ2) is 14.9. The molecule has 0 radical (unpaired) electrons. The van der Waals surface area contributed by atoms with Gasteiger partial charge in [0.25, 0.3) is 0 Å². The smallest absolute Gasteiger partial charge is 0.497 e. The second-order valence-corrected chi connectivity index (χ2v) is 14.9. The van der Waals surface area contributed by atoms with E-state index in [1.165, 1.54) is 26.4 Å². The van der Waals surface area contributed by atoms with Crippen molar-refractivity contribution < 1.29 is 54.0 Å². The number of allylic oxidation sites excluding steroid dienone is 4. The van der Waals surface area contributed by atoms with E-state index in [9.17, 15) is 35.6 Å². The van der Waals surface area contributed by atoms with Gasteiger partial charge in [0.05, 0.1) is 32.5 Å². The summed E-state index contributed by atoms with van der Waals surface area (Å²) in [6.45, 7) is 8.09. The minimum Gasteiger partial charge on any atom is -0.497 e. The Hall–Kier alpha value is -4.65. The predicted octanol–water partition coefficient (Wildman–Crippen LogP) is 9.40. The number of hydrogen-bond acceptors (Lipinski definition) is 8. The normalized spacial score (nSPS) is 16.3. The van der Waals surface area contributed by atoms with Crippen molar-refractivity contribution in [3.63, 3.8) is 0 Å². The molecule has 0 atom stereocenters. The van der Waals surface area contributed by atoms with Crippen molar-refractivity contribution in [2.45, 2.75) is 58.9 Å². The maximum Gasteiger partial charge on any atom is 0.534 e. The highest BCUT2D eigenvalue weighted by atomic mass is 32.2. The van der Waals surface area contributed by atoms with E-state index in [4.69, 9.17) is 9.47 Å². The Balaban J connectivity index is 0.000000229. The molecule has 5 rings (SSSR count). The van der Waals surface area contributed by atoms with Crippen LogP contribution in [0.15, 0.2) is 66.7 Å². The molecule has 3 aromatic carbocycles. The van der Waals surface area contributed by atoms with Crippen LogP contribution >= 0.6 is 0 Å². The van der Waals surface area contributed by atoms with E-state index >= 15 is 0 Å². The maximum absolute atomic E-state index is 14.6. The highest BCUT2D eigenvalue weighted by Gasteiger charge is 2.49. The van der Waals surface area contributed by atoms with Gasteiger partial charge in [-0.25, -0.2) is 14.0 Å². The topological polar surface area (TPSA) is 105 Å². The molecule has 0 aliphatic heterocycles. The van der Waals surface area contributed by atoms with Gasteiger partial charge in [0.1, 0.15) is 11.6 Å². The first-order chi connectivity index (χ1) is 23.8. The monoisotopic (exact) mass is 732 g/mol. The van der Waals surface area contributed by atoms with Crippen LogP contribution in [0, 0.1) is 16.6 Å². The number of carbonyl (C=O) groups is 2. The lowest BCUT2D eigenvalue weighted by atomic mass is 9.79. The molecule has 2 aliphatic carbocycles. The first-order valence-corrected chi connectivity index (χ1v) is 17.4. The number of benzene rings is 3. The zero-order valence-electron chi connectivity index (χ0n) is 29.4. The van der Waals surface area contributed by atoms with Crippen LogP contribution in [-0.2, 0) is 19.6 Å². The molecule has 51 heavy (non-hydrogen) atoms. The van der Waals surface area contributed by atoms with Crippen molar-refractivity contribution in [3.8, 4) is 22.6 Å². The first kappa shape index (κ1) is 39.1. The molecular formula is C38H40F4O8S. The number of rotatable bonds is 8. The van der Waals surface area contributed by atoms with Crippen LogP contribution in [0.1, 0.15) is 85.2 Å². The fourth-order valence-electron chi connectivity index (χ4n) is 6.23. The van der Waals surface area contributed by atoms with Gasteiger partial charge in [0, 0.05) is 11.1 Å². The van der Waals surface area contributed by atoms with Crippen LogP contribution in [0.25, 0.3) is 22.3 Å². The minimum atomic E-state index is -5.82. The fourth-order valence-corrected chi connectivity index (χ4v) is 6.71. The Morgan fingerprint density at radius 2 is 1.20 bits per heavy atom. The summed E-state index contributed by atoms with van der Waals surface area (Å²) in [5.74, 6) is -1.31. The Labute approximate surface area is 295 Å². The van der Waals surface area contributed by atoms with Gasteiger partial charge in [0.15, 0.2) is 5.75 Å². The summed E-state index contributed by atoms with van der Waals surface area (Å²) in [4.78, 5) is 23.7. The third kappa shape index (κ3) is 8.46. The molecular weight excluding hydrogens is 692 g/mol. The van der Waals surface area contributed by atoms with E-state index in [1.54, 1.807) is 43.5 Å². The lowest BCUT2D eigenvalue weighted by molar-refractivity contribution is -0.0500. The molecule has 0 bridgehead atoms. The number of alkyl halides is 3. The van der Waals surface area contributed by atoms with Crippen LogP contribution in [0.5, 0.6) is 11.5 Å². The zero-order valence-corrected chi connectivity index (χ0v) is 30.2. The highest BCUT2D eigenvalue weighted by molar-refractivity contribution is 7.88. The molecule has 0 amide bonds. The van der Waals surface area contributed by atoms with Crippen LogP contribution < -0.4 is 8.92 Å². The molecule has 0 heterocycles. The number of esters is 2. The molecule has 0 unspecified atom stereocenters. The molecule has 0 saturated carbocycles. The number of halogens is 4. The summed E-state index contributed by atoms with van der Waals surface area (Å²) in [7, 11) is -1.74. The van der Waals surface area contributed by atoms with Gasteiger partial charge in [-0.1, -0.05) is 45.9 Å². The predicted molar refractivity (Wildman–Crippen MR) is 185 cm³/mol. The van der Waals surface area contributed by atoms with Crippen molar-refractivity contribution in [1.29, 1.82) is 0 Å². The van der Waals surface area contributed by atoms with E-state index in [2.05, 4.69) is 28.8 Å². The van der Waals surface area contributed by atoms with E-state index in [0.717, 1.165) is 48.1 Å². The van der Waals surface area contributed by atoms with Gasteiger partial charge in [-0.2, -0.15) is 21.6 Å². The SMILES string of the molecule is COC(=O)c1ccc(-c2cc(OC)ccc2F)c(C2=CCCC2(C)C)c1.COC(=O)c1ccc(OS(=O)(=O)C(F)(F)F)c(C2=CCCC2(C)C)c1. The lowest BCUT2D eigenvalue weighted by Gasteiger charge is -2.25. The summed E-state index contributed by atoms with van der Waals surface area (Å²) in [6.07, 6.45) is 7.36. The number of hydrogen-bond donors (Lipinski definition) is 0. The standard InChI is InChI=1S/C22H23FO3.C16H17F3O5S/c1-22(2)11-5-6-19(22)17-12-14(21(24)26-4)7-9-16(17)18-13-15(25-3)8-10-20(18)23;1-15(2)8-4-5-12(15)11-9-10(14(20)23-3)6-7-13(11)24-25(21,22)16(17,18)19/h6-10,12-13H,5,11H2,1-4H3;5-7,9H,4,8H2,1-3H3. The molecule has 0 spiro atoms. The third-order valence-electron chi connectivity index (χ3n) is 9.06. The van der Waals surface area contributed by atoms with E-state index in [-0.39, 0.29) is 22.4 Å². The first-order valence-electron chi connectivity index (χ1n) is 16.0. The molecule has 13 heteroatoms. The largest absolute Gasteiger partial charge is 0.534 e. The van der Waals surface area contributed by atoms with Crippen molar-refractivity contribution in [3.05, 3.63) is 94.8 Å². The summed E-state index contributed by atoms with van der Waals surface area (Å²) in [6, 6.07) is 13.4. The Morgan fingerprint density at radius 3 is 1.67 bits per heavy atom. The van der Waals surface area contributed by atoms with Crippen LogP contribution in [-0.4, -0.2) is 47.2 Å². The molecule has 0 aromatic heterocycles. The van der Waals surface area contributed by atoms with E-state index in [0.29, 0.717) is 28.9 Å². The van der Waals surface area contributed by atoms with Crippen molar-refractivity contribution in [1.82, 2.24) is 0 Å². The summed E-state index contributed by atoms with van der Waals surface area (Å²) in [5, 5.41) is 0. The fraction of sp³-hybridized carbons (Fsp3) is 0.368. The Bertz CT molecular complexity index is 1990. The summed E-state index contributed by atoms with van der Waals surface area (Å²) >= 11 is 0. The molecule has 0 saturated heterocycles. The van der Waals surface area contributed by atoms with E-state index in [1.807, 2.05) is 13.8 Å².